The van der Waals surface area contributed by atoms with Crippen molar-refractivity contribution in [3.8, 4) is 5.75 Å². The van der Waals surface area contributed by atoms with Gasteiger partial charge >= 0.3 is 12.2 Å². The van der Waals surface area contributed by atoms with E-state index in [0.717, 1.165) is 18.2 Å². The number of hydrogen-bond acceptors (Lipinski definition) is 3. The zero-order valence-electron chi connectivity index (χ0n) is 12.1. The van der Waals surface area contributed by atoms with Gasteiger partial charge in [0.15, 0.2) is 6.61 Å². The lowest BCUT2D eigenvalue weighted by molar-refractivity contribution is -0.153. The molecule has 1 fully saturated rings. The number of aliphatic hydroxyl groups is 1. The molecule has 128 valence electrons. The summed E-state index contributed by atoms with van der Waals surface area (Å²) in [6.45, 7) is -0.852. The van der Waals surface area contributed by atoms with E-state index < -0.39 is 30.4 Å². The highest BCUT2D eigenvalue weighted by Crippen LogP contribution is 2.28. The minimum absolute atomic E-state index is 0.0186. The first kappa shape index (κ1) is 17.3. The van der Waals surface area contributed by atoms with Gasteiger partial charge in [-0.15, -0.1) is 0 Å². The van der Waals surface area contributed by atoms with Crippen LogP contribution in [0.25, 0.3) is 0 Å². The predicted octanol–water partition coefficient (Wildman–Crippen LogP) is 2.61. The van der Waals surface area contributed by atoms with E-state index in [2.05, 4.69) is 10.1 Å². The molecular formula is C14H16F4N2O3. The fourth-order valence-corrected chi connectivity index (χ4v) is 2.24. The van der Waals surface area contributed by atoms with Gasteiger partial charge in [0.1, 0.15) is 11.6 Å². The SMILES string of the molecule is O=C(Nc1ccc(F)cc1OCC(F)(F)F)N1CCC(CO)C1. The number of benzene rings is 1. The quantitative estimate of drug-likeness (QED) is 0.831. The third-order valence-corrected chi connectivity index (χ3v) is 3.41. The van der Waals surface area contributed by atoms with Crippen LogP contribution in [0.2, 0.25) is 0 Å². The lowest BCUT2D eigenvalue weighted by Crippen LogP contribution is -2.33. The minimum Gasteiger partial charge on any atom is -0.482 e. The number of carbonyl (C=O) groups excluding carboxylic acids is 1. The average Bonchev–Trinajstić information content (AvgIpc) is 2.95. The van der Waals surface area contributed by atoms with Gasteiger partial charge in [-0.2, -0.15) is 13.2 Å². The smallest absolute Gasteiger partial charge is 0.422 e. The molecule has 0 radical (unpaired) electrons. The van der Waals surface area contributed by atoms with Crippen molar-refractivity contribution in [3.63, 3.8) is 0 Å². The number of nitrogens with zero attached hydrogens (tertiary/aromatic N) is 1. The van der Waals surface area contributed by atoms with Crippen molar-refractivity contribution in [2.24, 2.45) is 5.92 Å². The molecule has 1 saturated heterocycles. The Morgan fingerprint density at radius 2 is 2.17 bits per heavy atom. The Labute approximate surface area is 129 Å². The maximum Gasteiger partial charge on any atom is 0.422 e. The minimum atomic E-state index is -4.57. The van der Waals surface area contributed by atoms with E-state index in [4.69, 9.17) is 5.11 Å². The summed E-state index contributed by atoms with van der Waals surface area (Å²) >= 11 is 0. The molecule has 0 saturated carbocycles. The number of aliphatic hydroxyl groups excluding tert-OH is 1. The van der Waals surface area contributed by atoms with Crippen LogP contribution in [0.4, 0.5) is 28.0 Å². The fourth-order valence-electron chi connectivity index (χ4n) is 2.24. The first-order valence-electron chi connectivity index (χ1n) is 6.94. The highest BCUT2D eigenvalue weighted by Gasteiger charge is 2.30. The van der Waals surface area contributed by atoms with Gasteiger partial charge in [0.25, 0.3) is 0 Å². The Bertz CT molecular complexity index is 565. The number of likely N-dealkylation sites (tertiary alicyclic amines) is 1. The topological polar surface area (TPSA) is 61.8 Å². The molecule has 1 atom stereocenters. The molecule has 1 heterocycles. The van der Waals surface area contributed by atoms with E-state index in [1.807, 2.05) is 0 Å². The average molecular weight is 336 g/mol. The number of nitrogens with one attached hydrogen (secondary N) is 1. The molecule has 1 aromatic rings. The summed E-state index contributed by atoms with van der Waals surface area (Å²) in [5.41, 5.74) is -0.0481. The van der Waals surface area contributed by atoms with E-state index in [1.165, 1.54) is 4.90 Å². The van der Waals surface area contributed by atoms with Crippen LogP contribution < -0.4 is 10.1 Å². The predicted molar refractivity (Wildman–Crippen MR) is 73.7 cm³/mol. The second-order valence-corrected chi connectivity index (χ2v) is 5.26. The molecule has 0 spiro atoms. The summed E-state index contributed by atoms with van der Waals surface area (Å²) in [6.07, 6.45) is -3.93. The highest BCUT2D eigenvalue weighted by molar-refractivity contribution is 5.91. The summed E-state index contributed by atoms with van der Waals surface area (Å²) in [4.78, 5) is 13.5. The van der Waals surface area contributed by atoms with E-state index in [9.17, 15) is 22.4 Å². The van der Waals surface area contributed by atoms with Crippen LogP contribution in [-0.2, 0) is 0 Å². The van der Waals surface area contributed by atoms with Gasteiger partial charge in [0.2, 0.25) is 0 Å². The molecule has 1 aromatic carbocycles. The Morgan fingerprint density at radius 3 is 2.78 bits per heavy atom. The summed E-state index contributed by atoms with van der Waals surface area (Å²) in [6, 6.07) is 2.39. The largest absolute Gasteiger partial charge is 0.482 e. The number of carbonyl (C=O) groups is 1. The Kier molecular flexibility index (Phi) is 5.30. The third-order valence-electron chi connectivity index (χ3n) is 3.41. The van der Waals surface area contributed by atoms with Crippen molar-refractivity contribution in [2.75, 3.05) is 31.6 Å². The Morgan fingerprint density at radius 1 is 1.43 bits per heavy atom. The van der Waals surface area contributed by atoms with Crippen LogP contribution in [-0.4, -0.2) is 48.5 Å². The van der Waals surface area contributed by atoms with Crippen LogP contribution in [0.15, 0.2) is 18.2 Å². The van der Waals surface area contributed by atoms with Gasteiger partial charge in [0.05, 0.1) is 5.69 Å². The number of ether oxygens (including phenoxy) is 1. The number of rotatable bonds is 4. The summed E-state index contributed by atoms with van der Waals surface area (Å²) in [5, 5.41) is 11.5. The van der Waals surface area contributed by atoms with Crippen molar-refractivity contribution >= 4 is 11.7 Å². The lowest BCUT2D eigenvalue weighted by Gasteiger charge is -2.19. The van der Waals surface area contributed by atoms with Crippen molar-refractivity contribution in [2.45, 2.75) is 12.6 Å². The van der Waals surface area contributed by atoms with Crippen molar-refractivity contribution < 1.29 is 32.2 Å². The molecule has 2 amide bonds. The number of halogens is 4. The van der Waals surface area contributed by atoms with Crippen LogP contribution in [0, 0.1) is 11.7 Å². The van der Waals surface area contributed by atoms with Gasteiger partial charge in [-0.25, -0.2) is 9.18 Å². The summed E-state index contributed by atoms with van der Waals surface area (Å²) in [7, 11) is 0. The molecule has 2 rings (SSSR count). The Hall–Kier alpha value is -2.03. The fraction of sp³-hybridized carbons (Fsp3) is 0.500. The second kappa shape index (κ2) is 7.03. The van der Waals surface area contributed by atoms with Crippen molar-refractivity contribution in [3.05, 3.63) is 24.0 Å². The first-order chi connectivity index (χ1) is 10.8. The number of hydrogen-bond donors (Lipinski definition) is 2. The van der Waals surface area contributed by atoms with Crippen LogP contribution in [0.5, 0.6) is 5.75 Å². The second-order valence-electron chi connectivity index (χ2n) is 5.26. The van der Waals surface area contributed by atoms with E-state index in [1.54, 1.807) is 0 Å². The molecule has 5 nitrogen and oxygen atoms in total. The lowest BCUT2D eigenvalue weighted by atomic mass is 10.1. The van der Waals surface area contributed by atoms with Gasteiger partial charge in [-0.3, -0.25) is 0 Å². The molecule has 0 bridgehead atoms. The molecule has 0 aliphatic carbocycles. The molecule has 2 N–H and O–H groups in total. The first-order valence-corrected chi connectivity index (χ1v) is 6.94. The number of amides is 2. The molecule has 0 aromatic heterocycles. The van der Waals surface area contributed by atoms with Gasteiger partial charge in [0, 0.05) is 31.7 Å². The Balaban J connectivity index is 2.05. The van der Waals surface area contributed by atoms with E-state index in [0.29, 0.717) is 19.5 Å². The standard InChI is InChI=1S/C14H16F4N2O3/c15-10-1-2-11(12(5-10)23-8-14(16,17)18)19-13(22)20-4-3-9(6-20)7-21/h1-2,5,9,21H,3-4,6-8H2,(H,19,22). The molecule has 1 aliphatic heterocycles. The normalized spacial score (nSPS) is 18.1. The molecule has 1 unspecified atom stereocenters. The van der Waals surface area contributed by atoms with Crippen LogP contribution in [0.1, 0.15) is 6.42 Å². The summed E-state index contributed by atoms with van der Waals surface area (Å²) in [5.74, 6) is -1.19. The van der Waals surface area contributed by atoms with Gasteiger partial charge < -0.3 is 20.1 Å². The van der Waals surface area contributed by atoms with Crippen molar-refractivity contribution in [1.82, 2.24) is 4.90 Å². The zero-order chi connectivity index (χ0) is 17.0. The molecule has 9 heteroatoms. The molecule has 1 aliphatic rings. The molecular weight excluding hydrogens is 320 g/mol. The monoisotopic (exact) mass is 336 g/mol. The van der Waals surface area contributed by atoms with E-state index >= 15 is 0 Å². The van der Waals surface area contributed by atoms with Gasteiger partial charge in [-0.05, 0) is 18.6 Å². The van der Waals surface area contributed by atoms with Crippen molar-refractivity contribution in [1.29, 1.82) is 0 Å². The van der Waals surface area contributed by atoms with Crippen LogP contribution >= 0.6 is 0 Å². The van der Waals surface area contributed by atoms with Gasteiger partial charge in [-0.1, -0.05) is 0 Å². The number of anilines is 1. The van der Waals surface area contributed by atoms with Crippen LogP contribution in [0.3, 0.4) is 0 Å². The van der Waals surface area contributed by atoms with E-state index in [-0.39, 0.29) is 18.2 Å². The number of urea groups is 1. The molecule has 23 heavy (non-hydrogen) atoms. The number of alkyl halides is 3. The highest BCUT2D eigenvalue weighted by atomic mass is 19.4. The third kappa shape index (κ3) is 4.98. The maximum absolute atomic E-state index is 13.2. The zero-order valence-corrected chi connectivity index (χ0v) is 12.1. The maximum atomic E-state index is 13.2. The summed E-state index contributed by atoms with van der Waals surface area (Å²) < 4.78 is 54.4.